The predicted molar refractivity (Wildman–Crippen MR) is 122 cm³/mol. The van der Waals surface area contributed by atoms with E-state index in [-0.39, 0.29) is 5.91 Å². The summed E-state index contributed by atoms with van der Waals surface area (Å²) in [5.41, 5.74) is 1.57. The van der Waals surface area contributed by atoms with Crippen molar-refractivity contribution in [2.75, 3.05) is 46.4 Å². The Bertz CT molecular complexity index is 1060. The van der Waals surface area contributed by atoms with Crippen LogP contribution in [0.2, 0.25) is 0 Å². The summed E-state index contributed by atoms with van der Waals surface area (Å²) in [5.74, 6) is 0.350. The van der Waals surface area contributed by atoms with E-state index in [2.05, 4.69) is 15.5 Å². The first-order valence-electron chi connectivity index (χ1n) is 11.2. The molecule has 0 spiro atoms. The third kappa shape index (κ3) is 5.07. The topological polar surface area (TPSA) is 113 Å². The van der Waals surface area contributed by atoms with Crippen molar-refractivity contribution in [1.82, 2.24) is 20.4 Å². The number of urea groups is 1. The molecule has 10 heteroatoms. The zero-order valence-corrected chi connectivity index (χ0v) is 19.2. The fourth-order valence-electron chi connectivity index (χ4n) is 4.16. The van der Waals surface area contributed by atoms with Gasteiger partial charge in [0.05, 0.1) is 31.6 Å². The molecule has 3 heterocycles. The first-order chi connectivity index (χ1) is 16.5. The lowest BCUT2D eigenvalue weighted by atomic mass is 9.95. The summed E-state index contributed by atoms with van der Waals surface area (Å²) in [7, 11) is 1.32. The molecule has 10 nitrogen and oxygen atoms in total. The molecular weight excluding hydrogens is 440 g/mol. The second-order valence-corrected chi connectivity index (χ2v) is 7.96. The number of nitrogens with zero attached hydrogens (tertiary/aromatic N) is 2. The Kier molecular flexibility index (Phi) is 7.17. The minimum absolute atomic E-state index is 0.148. The SMILES string of the molecule is CCOc1ccc([C@@H]2NC(=O)NC(CN3CCN(C(=O)c4ccco4)CC3)=C2C(=O)OC)cc1. The molecule has 0 unspecified atom stereocenters. The number of methoxy groups -OCH3 is 1. The van der Waals surface area contributed by atoms with Crippen molar-refractivity contribution < 1.29 is 28.3 Å². The molecule has 0 aliphatic carbocycles. The van der Waals surface area contributed by atoms with E-state index in [1.165, 1.54) is 13.4 Å². The first kappa shape index (κ1) is 23.4. The van der Waals surface area contributed by atoms with Gasteiger partial charge in [0.1, 0.15) is 5.75 Å². The lowest BCUT2D eigenvalue weighted by molar-refractivity contribution is -0.136. The van der Waals surface area contributed by atoms with Crippen LogP contribution in [0.5, 0.6) is 5.75 Å². The van der Waals surface area contributed by atoms with Gasteiger partial charge in [0.15, 0.2) is 5.76 Å². The Hall–Kier alpha value is -3.79. The fraction of sp³-hybridized carbons (Fsp3) is 0.375. The summed E-state index contributed by atoms with van der Waals surface area (Å²) in [6, 6.07) is 9.52. The van der Waals surface area contributed by atoms with Crippen molar-refractivity contribution in [2.24, 2.45) is 0 Å². The molecule has 2 aliphatic heterocycles. The Labute approximate surface area is 197 Å². The van der Waals surface area contributed by atoms with Crippen LogP contribution in [0.15, 0.2) is 58.3 Å². The number of hydrogen-bond donors (Lipinski definition) is 2. The number of hydrogen-bond acceptors (Lipinski definition) is 7. The number of nitrogens with one attached hydrogen (secondary N) is 2. The highest BCUT2D eigenvalue weighted by Crippen LogP contribution is 2.29. The zero-order valence-electron chi connectivity index (χ0n) is 19.2. The van der Waals surface area contributed by atoms with Crippen LogP contribution in [-0.2, 0) is 9.53 Å². The van der Waals surface area contributed by atoms with Crippen LogP contribution >= 0.6 is 0 Å². The van der Waals surface area contributed by atoms with Gasteiger partial charge in [-0.3, -0.25) is 9.69 Å². The average molecular weight is 469 g/mol. The summed E-state index contributed by atoms with van der Waals surface area (Å²) in [5, 5.41) is 5.61. The first-order valence-corrected chi connectivity index (χ1v) is 11.2. The molecular formula is C24H28N4O6. The monoisotopic (exact) mass is 468 g/mol. The maximum Gasteiger partial charge on any atom is 0.338 e. The molecule has 1 saturated heterocycles. The molecule has 2 N–H and O–H groups in total. The number of furan rings is 1. The summed E-state index contributed by atoms with van der Waals surface area (Å²) in [6.45, 7) is 4.97. The van der Waals surface area contributed by atoms with Crippen molar-refractivity contribution in [3.8, 4) is 5.75 Å². The molecule has 0 bridgehead atoms. The van der Waals surface area contributed by atoms with Gasteiger partial charge in [-0.1, -0.05) is 12.1 Å². The van der Waals surface area contributed by atoms with Crippen molar-refractivity contribution >= 4 is 17.9 Å². The van der Waals surface area contributed by atoms with Gasteiger partial charge in [-0.05, 0) is 36.8 Å². The van der Waals surface area contributed by atoms with Crippen molar-refractivity contribution in [1.29, 1.82) is 0 Å². The molecule has 34 heavy (non-hydrogen) atoms. The molecule has 4 rings (SSSR count). The Morgan fingerprint density at radius 1 is 1.12 bits per heavy atom. The standard InChI is InChI=1S/C24H28N4O6/c1-3-33-17-8-6-16(7-9-17)21-20(23(30)32-2)18(25-24(31)26-21)15-27-10-12-28(13-11-27)22(29)19-5-4-14-34-19/h4-9,14,21H,3,10-13,15H2,1-2H3,(H2,25,26,31)/t21-/m0/s1. The summed E-state index contributed by atoms with van der Waals surface area (Å²) in [6.07, 6.45) is 1.48. The number of benzene rings is 1. The Morgan fingerprint density at radius 3 is 2.47 bits per heavy atom. The molecule has 2 aromatic rings. The number of ether oxygens (including phenoxy) is 2. The molecule has 1 aromatic carbocycles. The highest BCUT2D eigenvalue weighted by molar-refractivity contribution is 5.95. The lowest BCUT2D eigenvalue weighted by Crippen LogP contribution is -2.52. The van der Waals surface area contributed by atoms with E-state index in [0.29, 0.717) is 62.1 Å². The van der Waals surface area contributed by atoms with E-state index < -0.39 is 18.0 Å². The van der Waals surface area contributed by atoms with Crippen molar-refractivity contribution in [2.45, 2.75) is 13.0 Å². The summed E-state index contributed by atoms with van der Waals surface area (Å²) in [4.78, 5) is 41.6. The van der Waals surface area contributed by atoms with Gasteiger partial charge in [-0.25, -0.2) is 9.59 Å². The van der Waals surface area contributed by atoms with Crippen LogP contribution in [0.3, 0.4) is 0 Å². The highest BCUT2D eigenvalue weighted by atomic mass is 16.5. The van der Waals surface area contributed by atoms with Crippen LogP contribution in [0, 0.1) is 0 Å². The summed E-state index contributed by atoms with van der Waals surface area (Å²) < 4.78 is 15.8. The van der Waals surface area contributed by atoms with Crippen LogP contribution in [0.25, 0.3) is 0 Å². The fourth-order valence-corrected chi connectivity index (χ4v) is 4.16. The maximum absolute atomic E-state index is 12.8. The van der Waals surface area contributed by atoms with Gasteiger partial charge in [0, 0.05) is 38.4 Å². The molecule has 2 aliphatic rings. The van der Waals surface area contributed by atoms with E-state index in [1.807, 2.05) is 19.1 Å². The largest absolute Gasteiger partial charge is 0.494 e. The van der Waals surface area contributed by atoms with Gasteiger partial charge >= 0.3 is 12.0 Å². The second kappa shape index (κ2) is 10.4. The van der Waals surface area contributed by atoms with Gasteiger partial charge in [-0.2, -0.15) is 0 Å². The van der Waals surface area contributed by atoms with Crippen LogP contribution in [0.4, 0.5) is 4.79 Å². The van der Waals surface area contributed by atoms with E-state index >= 15 is 0 Å². The molecule has 1 aromatic heterocycles. The Balaban J connectivity index is 1.51. The molecule has 1 fully saturated rings. The Morgan fingerprint density at radius 2 is 1.85 bits per heavy atom. The minimum atomic E-state index is -0.659. The zero-order chi connectivity index (χ0) is 24.1. The minimum Gasteiger partial charge on any atom is -0.494 e. The van der Waals surface area contributed by atoms with Gasteiger partial charge in [0.2, 0.25) is 0 Å². The molecule has 0 radical (unpaired) electrons. The molecule has 180 valence electrons. The average Bonchev–Trinajstić information content (AvgIpc) is 3.39. The molecule has 0 saturated carbocycles. The number of carbonyl (C=O) groups is 3. The number of esters is 1. The predicted octanol–water partition coefficient (Wildman–Crippen LogP) is 1.92. The quantitative estimate of drug-likeness (QED) is 0.597. The third-order valence-electron chi connectivity index (χ3n) is 5.86. The highest BCUT2D eigenvalue weighted by Gasteiger charge is 2.35. The van der Waals surface area contributed by atoms with Gasteiger partial charge in [-0.15, -0.1) is 0 Å². The number of carbonyl (C=O) groups excluding carboxylic acids is 3. The normalized spacial score (nSPS) is 18.8. The van der Waals surface area contributed by atoms with Crippen molar-refractivity contribution in [3.63, 3.8) is 0 Å². The van der Waals surface area contributed by atoms with Crippen LogP contribution in [-0.4, -0.2) is 74.1 Å². The smallest absolute Gasteiger partial charge is 0.338 e. The van der Waals surface area contributed by atoms with E-state index in [9.17, 15) is 14.4 Å². The van der Waals surface area contributed by atoms with E-state index in [1.54, 1.807) is 29.2 Å². The van der Waals surface area contributed by atoms with E-state index in [4.69, 9.17) is 13.9 Å². The number of amides is 3. The second-order valence-electron chi connectivity index (χ2n) is 7.96. The van der Waals surface area contributed by atoms with Crippen molar-refractivity contribution in [3.05, 3.63) is 65.3 Å². The maximum atomic E-state index is 12.8. The number of rotatable bonds is 7. The summed E-state index contributed by atoms with van der Waals surface area (Å²) >= 11 is 0. The third-order valence-corrected chi connectivity index (χ3v) is 5.86. The van der Waals surface area contributed by atoms with Crippen LogP contribution < -0.4 is 15.4 Å². The van der Waals surface area contributed by atoms with E-state index in [0.717, 1.165) is 5.56 Å². The molecule has 1 atom stereocenters. The lowest BCUT2D eigenvalue weighted by Gasteiger charge is -2.36. The van der Waals surface area contributed by atoms with Gasteiger partial charge in [0.25, 0.3) is 5.91 Å². The van der Waals surface area contributed by atoms with Crippen LogP contribution in [0.1, 0.15) is 29.1 Å². The molecule has 3 amide bonds. The number of piperazine rings is 1. The van der Waals surface area contributed by atoms with Gasteiger partial charge < -0.3 is 29.4 Å².